The Bertz CT molecular complexity index is 562. The molecule has 1 aliphatic rings. The smallest absolute Gasteiger partial charge is 0.244 e. The fourth-order valence-corrected chi connectivity index (χ4v) is 4.52. The van der Waals surface area contributed by atoms with Crippen molar-refractivity contribution < 1.29 is 13.2 Å². The zero-order valence-corrected chi connectivity index (χ0v) is 14.5. The van der Waals surface area contributed by atoms with Crippen LogP contribution in [0.1, 0.15) is 6.42 Å². The molecule has 114 valence electrons. The van der Waals surface area contributed by atoms with E-state index >= 15 is 0 Å². The largest absolute Gasteiger partial charge is 0.497 e. The first-order chi connectivity index (χ1) is 8.96. The highest BCUT2D eigenvalue weighted by atomic mass is 79.9. The minimum atomic E-state index is -3.49. The number of benzene rings is 1. The first-order valence-electron chi connectivity index (χ1n) is 5.99. The van der Waals surface area contributed by atoms with Crippen molar-refractivity contribution in [1.82, 2.24) is 9.62 Å². The van der Waals surface area contributed by atoms with E-state index in [1.165, 1.54) is 4.31 Å². The molecule has 5 nitrogen and oxygen atoms in total. The number of nitrogens with zero attached hydrogens (tertiary/aromatic N) is 1. The van der Waals surface area contributed by atoms with Crippen molar-refractivity contribution in [2.24, 2.45) is 0 Å². The molecule has 1 aromatic rings. The molecule has 8 heteroatoms. The van der Waals surface area contributed by atoms with Gasteiger partial charge in [-0.05, 0) is 47.1 Å². The summed E-state index contributed by atoms with van der Waals surface area (Å²) in [6, 6.07) is 4.89. The summed E-state index contributed by atoms with van der Waals surface area (Å²) < 4.78 is 32.2. The fourth-order valence-electron chi connectivity index (χ4n) is 2.12. The van der Waals surface area contributed by atoms with Gasteiger partial charge in [-0.25, -0.2) is 8.42 Å². The summed E-state index contributed by atoms with van der Waals surface area (Å²) in [6.45, 7) is 1.55. The summed E-state index contributed by atoms with van der Waals surface area (Å²) in [6.07, 6.45) is 0.837. The van der Waals surface area contributed by atoms with Gasteiger partial charge in [0.2, 0.25) is 10.0 Å². The van der Waals surface area contributed by atoms with Crippen molar-refractivity contribution in [3.05, 3.63) is 22.7 Å². The summed E-state index contributed by atoms with van der Waals surface area (Å²) in [4.78, 5) is 0.266. The number of likely N-dealkylation sites (N-methyl/N-ethyl adjacent to an activating group) is 1. The molecule has 1 N–H and O–H groups in total. The Balaban J connectivity index is 0.00000200. The van der Waals surface area contributed by atoms with Crippen molar-refractivity contribution >= 4 is 38.4 Å². The van der Waals surface area contributed by atoms with E-state index in [-0.39, 0.29) is 23.3 Å². The molecule has 1 atom stereocenters. The lowest BCUT2D eigenvalue weighted by Gasteiger charge is -2.23. The monoisotopic (exact) mass is 384 g/mol. The number of hydrogen-bond acceptors (Lipinski definition) is 4. The van der Waals surface area contributed by atoms with Gasteiger partial charge in [0.05, 0.1) is 12.0 Å². The fraction of sp³-hybridized carbons (Fsp3) is 0.500. The molecule has 1 saturated heterocycles. The van der Waals surface area contributed by atoms with Gasteiger partial charge in [-0.15, -0.1) is 12.4 Å². The van der Waals surface area contributed by atoms with Crippen LogP contribution >= 0.6 is 28.3 Å². The number of methoxy groups -OCH3 is 1. The second-order valence-electron chi connectivity index (χ2n) is 4.46. The molecule has 1 heterocycles. The second kappa shape index (κ2) is 7.09. The van der Waals surface area contributed by atoms with Crippen LogP contribution in [0.2, 0.25) is 0 Å². The van der Waals surface area contributed by atoms with E-state index in [4.69, 9.17) is 4.74 Å². The molecule has 0 saturated carbocycles. The average Bonchev–Trinajstić information content (AvgIpc) is 2.90. The van der Waals surface area contributed by atoms with Crippen LogP contribution < -0.4 is 10.1 Å². The van der Waals surface area contributed by atoms with Crippen LogP contribution in [0.3, 0.4) is 0 Å². The third kappa shape index (κ3) is 3.46. The molecule has 1 aliphatic heterocycles. The highest BCUT2D eigenvalue weighted by Gasteiger charge is 2.31. The van der Waals surface area contributed by atoms with Crippen LogP contribution in [0, 0.1) is 0 Å². The van der Waals surface area contributed by atoms with E-state index in [0.29, 0.717) is 16.8 Å². The Morgan fingerprint density at radius 3 is 2.65 bits per heavy atom. The van der Waals surface area contributed by atoms with Gasteiger partial charge in [0.15, 0.2) is 0 Å². The van der Waals surface area contributed by atoms with Gasteiger partial charge in [-0.3, -0.25) is 0 Å². The second-order valence-corrected chi connectivity index (χ2v) is 7.28. The topological polar surface area (TPSA) is 58.6 Å². The molecule has 0 bridgehead atoms. The summed E-state index contributed by atoms with van der Waals surface area (Å²) in [7, 11) is -0.311. The third-order valence-corrected chi connectivity index (χ3v) is 6.23. The maximum Gasteiger partial charge on any atom is 0.244 e. The average molecular weight is 386 g/mol. The standard InChI is InChI=1S/C12H17BrN2O3S.ClH/c1-15(9-5-6-14-8-9)19(16,17)12-4-3-10(18-2)7-11(12)13;/h3-4,7,9,14H,5-6,8H2,1-2H3;1H. The van der Waals surface area contributed by atoms with Gasteiger partial charge in [0.1, 0.15) is 5.75 Å². The first-order valence-corrected chi connectivity index (χ1v) is 8.22. The van der Waals surface area contributed by atoms with E-state index in [9.17, 15) is 8.42 Å². The molecule has 1 unspecified atom stereocenters. The van der Waals surface area contributed by atoms with Crippen LogP contribution in [0.4, 0.5) is 0 Å². The SMILES string of the molecule is COc1ccc(S(=O)(=O)N(C)C2CCNC2)c(Br)c1.Cl. The Morgan fingerprint density at radius 1 is 1.45 bits per heavy atom. The first kappa shape index (κ1) is 17.7. The molecule has 0 radical (unpaired) electrons. The van der Waals surface area contributed by atoms with Crippen LogP contribution in [0.25, 0.3) is 0 Å². The predicted molar refractivity (Wildman–Crippen MR) is 84.2 cm³/mol. The predicted octanol–water partition coefficient (Wildman–Crippen LogP) is 1.86. The number of hydrogen-bond donors (Lipinski definition) is 1. The number of rotatable bonds is 4. The molecule has 0 amide bonds. The molecule has 1 fully saturated rings. The molecule has 0 spiro atoms. The van der Waals surface area contributed by atoms with Crippen molar-refractivity contribution in [2.75, 3.05) is 27.2 Å². The maximum absolute atomic E-state index is 12.6. The van der Waals surface area contributed by atoms with E-state index in [1.54, 1.807) is 32.4 Å². The van der Waals surface area contributed by atoms with E-state index < -0.39 is 10.0 Å². The van der Waals surface area contributed by atoms with Crippen LogP contribution in [-0.4, -0.2) is 46.0 Å². The zero-order chi connectivity index (χ0) is 14.0. The lowest BCUT2D eigenvalue weighted by atomic mass is 10.3. The number of sulfonamides is 1. The van der Waals surface area contributed by atoms with Gasteiger partial charge >= 0.3 is 0 Å². The van der Waals surface area contributed by atoms with Crippen molar-refractivity contribution in [3.63, 3.8) is 0 Å². The normalized spacial score (nSPS) is 18.9. The van der Waals surface area contributed by atoms with Gasteiger partial charge < -0.3 is 10.1 Å². The van der Waals surface area contributed by atoms with Crippen LogP contribution in [0.15, 0.2) is 27.6 Å². The van der Waals surface area contributed by atoms with Crippen molar-refractivity contribution in [3.8, 4) is 5.75 Å². The molecule has 2 rings (SSSR count). The Hall–Kier alpha value is -0.340. The Kier molecular flexibility index (Phi) is 6.27. The van der Waals surface area contributed by atoms with E-state index in [2.05, 4.69) is 21.2 Å². The van der Waals surface area contributed by atoms with Gasteiger partial charge in [0, 0.05) is 24.1 Å². The minimum absolute atomic E-state index is 0. The number of ether oxygens (including phenoxy) is 1. The lowest BCUT2D eigenvalue weighted by Crippen LogP contribution is -2.38. The van der Waals surface area contributed by atoms with Crippen LogP contribution in [-0.2, 0) is 10.0 Å². The lowest BCUT2D eigenvalue weighted by molar-refractivity contribution is 0.387. The molecular weight excluding hydrogens is 368 g/mol. The van der Waals surface area contributed by atoms with E-state index in [1.807, 2.05) is 0 Å². The highest BCUT2D eigenvalue weighted by molar-refractivity contribution is 9.10. The highest BCUT2D eigenvalue weighted by Crippen LogP contribution is 2.29. The molecule has 0 aromatic heterocycles. The molecule has 0 aliphatic carbocycles. The maximum atomic E-state index is 12.6. The Labute approximate surface area is 134 Å². The zero-order valence-electron chi connectivity index (χ0n) is 11.3. The number of halogens is 2. The third-order valence-electron chi connectivity index (χ3n) is 3.34. The molecule has 20 heavy (non-hydrogen) atoms. The summed E-state index contributed by atoms with van der Waals surface area (Å²) >= 11 is 3.30. The number of nitrogens with one attached hydrogen (secondary N) is 1. The van der Waals surface area contributed by atoms with Crippen LogP contribution in [0.5, 0.6) is 5.75 Å². The van der Waals surface area contributed by atoms with Gasteiger partial charge in [-0.1, -0.05) is 0 Å². The van der Waals surface area contributed by atoms with Gasteiger partial charge in [0.25, 0.3) is 0 Å². The summed E-state index contributed by atoms with van der Waals surface area (Å²) in [5.74, 6) is 0.621. The van der Waals surface area contributed by atoms with E-state index in [0.717, 1.165) is 13.0 Å². The Morgan fingerprint density at radius 2 is 2.15 bits per heavy atom. The van der Waals surface area contributed by atoms with Gasteiger partial charge in [-0.2, -0.15) is 4.31 Å². The quantitative estimate of drug-likeness (QED) is 0.859. The van der Waals surface area contributed by atoms with Crippen molar-refractivity contribution in [1.29, 1.82) is 0 Å². The van der Waals surface area contributed by atoms with Crippen molar-refractivity contribution in [2.45, 2.75) is 17.4 Å². The minimum Gasteiger partial charge on any atom is -0.497 e. The summed E-state index contributed by atoms with van der Waals surface area (Å²) in [5.41, 5.74) is 0. The summed E-state index contributed by atoms with van der Waals surface area (Å²) in [5, 5.41) is 3.17. The molecular formula is C12H18BrClN2O3S. The molecule has 1 aromatic carbocycles.